The number of aryl methyl sites for hydroxylation is 1. The van der Waals surface area contributed by atoms with Crippen LogP contribution in [0.5, 0.6) is 0 Å². The Morgan fingerprint density at radius 2 is 1.72 bits per heavy atom. The minimum atomic E-state index is -0.451. The molecule has 29 heavy (non-hydrogen) atoms. The molecular formula is C23H23N3O3. The van der Waals surface area contributed by atoms with Crippen LogP contribution in [-0.2, 0) is 13.0 Å². The van der Waals surface area contributed by atoms with Crippen LogP contribution in [0.1, 0.15) is 28.4 Å². The van der Waals surface area contributed by atoms with Crippen molar-refractivity contribution >= 4 is 23.0 Å². The lowest BCUT2D eigenvalue weighted by Crippen LogP contribution is -2.19. The van der Waals surface area contributed by atoms with Gasteiger partial charge in [0.15, 0.2) is 0 Å². The standard InChI is InChI=1S/C23H23N3O3/c1-3-18-11-7-8-12-20(18)24-23(27)19-13-14-21(22(15-19)26(28)29)25(2)16-17-9-5-4-6-10-17/h4-15H,3,16H2,1-2H3,(H,24,27). The maximum atomic E-state index is 12.7. The first kappa shape index (κ1) is 20.1. The first-order chi connectivity index (χ1) is 14.0. The predicted octanol–water partition coefficient (Wildman–Crippen LogP) is 5.05. The molecule has 1 amide bonds. The summed E-state index contributed by atoms with van der Waals surface area (Å²) in [5.41, 5.74) is 3.38. The average Bonchev–Trinajstić information content (AvgIpc) is 2.74. The molecule has 6 heteroatoms. The maximum absolute atomic E-state index is 12.7. The molecule has 0 unspecified atom stereocenters. The Labute approximate surface area is 169 Å². The van der Waals surface area contributed by atoms with Crippen LogP contribution in [-0.4, -0.2) is 17.9 Å². The number of hydrogen-bond donors (Lipinski definition) is 1. The minimum Gasteiger partial charge on any atom is -0.365 e. The van der Waals surface area contributed by atoms with E-state index in [1.54, 1.807) is 19.2 Å². The minimum absolute atomic E-state index is 0.0974. The van der Waals surface area contributed by atoms with Crippen LogP contribution in [0.15, 0.2) is 72.8 Å². The molecule has 0 saturated carbocycles. The number of para-hydroxylation sites is 1. The number of nitro benzene ring substituents is 1. The summed E-state index contributed by atoms with van der Waals surface area (Å²) in [4.78, 5) is 25.7. The van der Waals surface area contributed by atoms with E-state index in [4.69, 9.17) is 0 Å². The number of nitro groups is 1. The number of anilines is 2. The van der Waals surface area contributed by atoms with E-state index in [1.807, 2.05) is 66.4 Å². The van der Waals surface area contributed by atoms with Crippen LogP contribution < -0.4 is 10.2 Å². The Bertz CT molecular complexity index is 1020. The summed E-state index contributed by atoms with van der Waals surface area (Å²) < 4.78 is 0. The van der Waals surface area contributed by atoms with Gasteiger partial charge in [-0.25, -0.2) is 0 Å². The molecule has 0 aliphatic heterocycles. The molecule has 6 nitrogen and oxygen atoms in total. The highest BCUT2D eigenvalue weighted by Gasteiger charge is 2.20. The lowest BCUT2D eigenvalue weighted by atomic mass is 10.1. The number of carbonyl (C=O) groups excluding carboxylic acids is 1. The molecule has 148 valence electrons. The lowest BCUT2D eigenvalue weighted by molar-refractivity contribution is -0.384. The highest BCUT2D eigenvalue weighted by molar-refractivity contribution is 6.05. The Kier molecular flexibility index (Phi) is 6.24. The molecule has 0 atom stereocenters. The number of rotatable bonds is 7. The predicted molar refractivity (Wildman–Crippen MR) is 115 cm³/mol. The van der Waals surface area contributed by atoms with Gasteiger partial charge >= 0.3 is 0 Å². The van der Waals surface area contributed by atoms with Crippen LogP contribution >= 0.6 is 0 Å². The normalized spacial score (nSPS) is 10.4. The van der Waals surface area contributed by atoms with Crippen molar-refractivity contribution in [2.45, 2.75) is 19.9 Å². The van der Waals surface area contributed by atoms with Crippen LogP contribution in [0.4, 0.5) is 17.1 Å². The Balaban J connectivity index is 1.85. The fraction of sp³-hybridized carbons (Fsp3) is 0.174. The number of nitrogens with one attached hydrogen (secondary N) is 1. The van der Waals surface area contributed by atoms with E-state index in [9.17, 15) is 14.9 Å². The fourth-order valence-corrected chi connectivity index (χ4v) is 3.22. The Morgan fingerprint density at radius 3 is 2.41 bits per heavy atom. The van der Waals surface area contributed by atoms with Crippen molar-refractivity contribution in [3.63, 3.8) is 0 Å². The summed E-state index contributed by atoms with van der Waals surface area (Å²) in [6, 6.07) is 21.8. The van der Waals surface area contributed by atoms with Crippen LogP contribution in [0.3, 0.4) is 0 Å². The highest BCUT2D eigenvalue weighted by atomic mass is 16.6. The van der Waals surface area contributed by atoms with Crippen molar-refractivity contribution in [3.8, 4) is 0 Å². The van der Waals surface area contributed by atoms with E-state index in [2.05, 4.69) is 5.32 Å². The molecule has 1 N–H and O–H groups in total. The van der Waals surface area contributed by atoms with Crippen molar-refractivity contribution < 1.29 is 9.72 Å². The molecule has 0 saturated heterocycles. The molecule has 3 aromatic rings. The molecular weight excluding hydrogens is 366 g/mol. The summed E-state index contributed by atoms with van der Waals surface area (Å²) in [6.07, 6.45) is 0.778. The first-order valence-electron chi connectivity index (χ1n) is 9.42. The van der Waals surface area contributed by atoms with Gasteiger partial charge in [0.1, 0.15) is 5.69 Å². The zero-order chi connectivity index (χ0) is 20.8. The van der Waals surface area contributed by atoms with Gasteiger partial charge in [0, 0.05) is 30.9 Å². The van der Waals surface area contributed by atoms with Crippen molar-refractivity contribution in [1.82, 2.24) is 0 Å². The summed E-state index contributed by atoms with van der Waals surface area (Å²) in [6.45, 7) is 2.53. The molecule has 0 aliphatic rings. The summed E-state index contributed by atoms with van der Waals surface area (Å²) in [5, 5.41) is 14.5. The van der Waals surface area contributed by atoms with Gasteiger partial charge in [0.2, 0.25) is 0 Å². The topological polar surface area (TPSA) is 75.5 Å². The molecule has 0 aromatic heterocycles. The molecule has 0 fully saturated rings. The van der Waals surface area contributed by atoms with E-state index in [1.165, 1.54) is 6.07 Å². The van der Waals surface area contributed by atoms with E-state index < -0.39 is 4.92 Å². The van der Waals surface area contributed by atoms with Crippen molar-refractivity contribution in [2.75, 3.05) is 17.3 Å². The summed E-state index contributed by atoms with van der Waals surface area (Å²) >= 11 is 0. The van der Waals surface area contributed by atoms with Crippen molar-refractivity contribution in [3.05, 3.63) is 99.6 Å². The highest BCUT2D eigenvalue weighted by Crippen LogP contribution is 2.30. The molecule has 0 spiro atoms. The number of hydrogen-bond acceptors (Lipinski definition) is 4. The zero-order valence-electron chi connectivity index (χ0n) is 16.5. The fourth-order valence-electron chi connectivity index (χ4n) is 3.22. The smallest absolute Gasteiger partial charge is 0.293 e. The second-order valence-corrected chi connectivity index (χ2v) is 6.77. The molecule has 3 rings (SSSR count). The van der Waals surface area contributed by atoms with E-state index in [0.717, 1.165) is 17.5 Å². The third kappa shape index (κ3) is 4.79. The number of nitrogens with zero attached hydrogens (tertiary/aromatic N) is 2. The monoisotopic (exact) mass is 389 g/mol. The molecule has 0 heterocycles. The van der Waals surface area contributed by atoms with E-state index in [-0.39, 0.29) is 17.2 Å². The van der Waals surface area contributed by atoms with Crippen molar-refractivity contribution in [1.29, 1.82) is 0 Å². The van der Waals surface area contributed by atoms with Gasteiger partial charge in [-0.1, -0.05) is 55.5 Å². The maximum Gasteiger partial charge on any atom is 0.293 e. The second-order valence-electron chi connectivity index (χ2n) is 6.77. The van der Waals surface area contributed by atoms with Gasteiger partial charge in [0.25, 0.3) is 11.6 Å². The number of amides is 1. The quantitative estimate of drug-likeness (QED) is 0.453. The third-order valence-electron chi connectivity index (χ3n) is 4.75. The van der Waals surface area contributed by atoms with Gasteiger partial charge in [-0.15, -0.1) is 0 Å². The largest absolute Gasteiger partial charge is 0.365 e. The molecule has 3 aromatic carbocycles. The van der Waals surface area contributed by atoms with Gasteiger partial charge in [-0.3, -0.25) is 14.9 Å². The molecule has 0 bridgehead atoms. The third-order valence-corrected chi connectivity index (χ3v) is 4.75. The first-order valence-corrected chi connectivity index (χ1v) is 9.42. The Hall–Kier alpha value is -3.67. The van der Waals surface area contributed by atoms with Gasteiger partial charge in [-0.2, -0.15) is 0 Å². The molecule has 0 aliphatic carbocycles. The van der Waals surface area contributed by atoms with Crippen molar-refractivity contribution in [2.24, 2.45) is 0 Å². The average molecular weight is 389 g/mol. The van der Waals surface area contributed by atoms with E-state index >= 15 is 0 Å². The SMILES string of the molecule is CCc1ccccc1NC(=O)c1ccc(N(C)Cc2ccccc2)c([N+](=O)[O-])c1. The van der Waals surface area contributed by atoms with Gasteiger partial charge in [0.05, 0.1) is 4.92 Å². The van der Waals surface area contributed by atoms with Crippen LogP contribution in [0.25, 0.3) is 0 Å². The summed E-state index contributed by atoms with van der Waals surface area (Å²) in [5.74, 6) is -0.369. The second kappa shape index (κ2) is 9.01. The van der Waals surface area contributed by atoms with Gasteiger partial charge in [-0.05, 0) is 35.7 Å². The lowest BCUT2D eigenvalue weighted by Gasteiger charge is -2.19. The molecule has 0 radical (unpaired) electrons. The zero-order valence-corrected chi connectivity index (χ0v) is 16.5. The van der Waals surface area contributed by atoms with Gasteiger partial charge < -0.3 is 10.2 Å². The number of benzene rings is 3. The van der Waals surface area contributed by atoms with E-state index in [0.29, 0.717) is 17.9 Å². The van der Waals surface area contributed by atoms with Crippen LogP contribution in [0, 0.1) is 10.1 Å². The Morgan fingerprint density at radius 1 is 1.03 bits per heavy atom. The summed E-state index contributed by atoms with van der Waals surface area (Å²) in [7, 11) is 1.80. The van der Waals surface area contributed by atoms with Crippen LogP contribution in [0.2, 0.25) is 0 Å². The number of carbonyl (C=O) groups is 1.